The second-order valence-electron chi connectivity index (χ2n) is 6.75. The van der Waals surface area contributed by atoms with Crippen LogP contribution in [0.3, 0.4) is 0 Å². The fraction of sp³-hybridized carbons (Fsp3) is 0.278. The van der Waals surface area contributed by atoms with E-state index in [1.54, 1.807) is 24.3 Å². The van der Waals surface area contributed by atoms with Gasteiger partial charge in [-0.2, -0.15) is 0 Å². The summed E-state index contributed by atoms with van der Waals surface area (Å²) < 4.78 is 5.68. The van der Waals surface area contributed by atoms with Crippen molar-refractivity contribution >= 4 is 17.3 Å². The van der Waals surface area contributed by atoms with E-state index in [1.165, 1.54) is 0 Å². The summed E-state index contributed by atoms with van der Waals surface area (Å²) in [7, 11) is 0. The van der Waals surface area contributed by atoms with Gasteiger partial charge < -0.3 is 4.42 Å². The number of furan rings is 1. The van der Waals surface area contributed by atoms with Gasteiger partial charge in [-0.1, -0.05) is 38.1 Å². The quantitative estimate of drug-likeness (QED) is 0.638. The molecule has 2 aliphatic rings. The van der Waals surface area contributed by atoms with E-state index in [0.29, 0.717) is 35.3 Å². The molecule has 0 atom stereocenters. The molecule has 0 saturated heterocycles. The number of rotatable bonds is 0. The maximum absolute atomic E-state index is 12.7. The summed E-state index contributed by atoms with van der Waals surface area (Å²) in [5.41, 5.74) is 0.962. The van der Waals surface area contributed by atoms with E-state index < -0.39 is 0 Å². The zero-order chi connectivity index (χ0) is 15.6. The van der Waals surface area contributed by atoms with Crippen LogP contribution < -0.4 is 0 Å². The predicted octanol–water partition coefficient (Wildman–Crippen LogP) is 3.21. The number of hydrogen-bond donors (Lipinski definition) is 0. The molecule has 1 aromatic heterocycles. The molecule has 2 aromatic rings. The van der Waals surface area contributed by atoms with Crippen LogP contribution >= 0.6 is 0 Å². The second kappa shape index (κ2) is 4.03. The van der Waals surface area contributed by atoms with Crippen molar-refractivity contribution in [3.63, 3.8) is 0 Å². The van der Waals surface area contributed by atoms with Crippen molar-refractivity contribution in [2.45, 2.75) is 26.7 Å². The van der Waals surface area contributed by atoms with Gasteiger partial charge in [0.15, 0.2) is 17.3 Å². The normalized spacial score (nSPS) is 18.7. The number of Topliss-reactive ketones (excluding diaryl/α,β-unsaturated/α-hetero) is 1. The van der Waals surface area contributed by atoms with Crippen LogP contribution in [0.1, 0.15) is 68.4 Å². The van der Waals surface area contributed by atoms with Crippen LogP contribution in [-0.2, 0) is 6.42 Å². The van der Waals surface area contributed by atoms with E-state index >= 15 is 0 Å². The number of ketones is 3. The SMILES string of the molecule is CC1(C)CC(=O)c2c(oc3c2C(=O)c2ccccc2C3=O)C1. The number of hydrogen-bond acceptors (Lipinski definition) is 4. The van der Waals surface area contributed by atoms with Crippen molar-refractivity contribution in [3.8, 4) is 0 Å². The lowest BCUT2D eigenvalue weighted by atomic mass is 9.74. The smallest absolute Gasteiger partial charge is 0.229 e. The van der Waals surface area contributed by atoms with Crippen molar-refractivity contribution in [2.75, 3.05) is 0 Å². The van der Waals surface area contributed by atoms with Gasteiger partial charge in [0.1, 0.15) is 5.76 Å². The first-order valence-corrected chi connectivity index (χ1v) is 7.26. The van der Waals surface area contributed by atoms with Gasteiger partial charge in [0.25, 0.3) is 0 Å². The molecular weight excluding hydrogens is 280 g/mol. The van der Waals surface area contributed by atoms with Crippen LogP contribution in [0.15, 0.2) is 28.7 Å². The molecule has 1 heterocycles. The maximum Gasteiger partial charge on any atom is 0.229 e. The average molecular weight is 294 g/mol. The van der Waals surface area contributed by atoms with E-state index in [2.05, 4.69) is 0 Å². The molecule has 4 rings (SSSR count). The monoisotopic (exact) mass is 294 g/mol. The Morgan fingerprint density at radius 3 is 2.23 bits per heavy atom. The third kappa shape index (κ3) is 1.61. The largest absolute Gasteiger partial charge is 0.456 e. The zero-order valence-corrected chi connectivity index (χ0v) is 12.4. The molecule has 0 spiro atoms. The summed E-state index contributed by atoms with van der Waals surface area (Å²) in [6, 6.07) is 6.67. The molecule has 110 valence electrons. The lowest BCUT2D eigenvalue weighted by Crippen LogP contribution is -2.28. The molecule has 0 saturated carbocycles. The van der Waals surface area contributed by atoms with E-state index in [0.717, 1.165) is 0 Å². The standard InChI is InChI=1S/C18H14O4/c1-18(2)7-11(19)13-12(8-18)22-17-14(13)15(20)9-5-3-4-6-10(9)16(17)21/h3-6H,7-8H2,1-2H3. The molecule has 2 aliphatic carbocycles. The van der Waals surface area contributed by atoms with Crippen molar-refractivity contribution in [2.24, 2.45) is 5.41 Å². The highest BCUT2D eigenvalue weighted by Crippen LogP contribution is 2.41. The average Bonchev–Trinajstić information content (AvgIpc) is 2.83. The molecule has 1 aromatic carbocycles. The second-order valence-corrected chi connectivity index (χ2v) is 6.75. The van der Waals surface area contributed by atoms with Crippen molar-refractivity contribution in [3.05, 3.63) is 58.0 Å². The Morgan fingerprint density at radius 2 is 1.55 bits per heavy atom. The highest BCUT2D eigenvalue weighted by molar-refractivity contribution is 6.30. The molecule has 0 amide bonds. The molecule has 0 radical (unpaired) electrons. The van der Waals surface area contributed by atoms with Gasteiger partial charge in [-0.25, -0.2) is 0 Å². The Kier molecular flexibility index (Phi) is 2.42. The Morgan fingerprint density at radius 1 is 0.909 bits per heavy atom. The van der Waals surface area contributed by atoms with Crippen LogP contribution in [0.4, 0.5) is 0 Å². The minimum Gasteiger partial charge on any atom is -0.456 e. The number of fused-ring (bicyclic) bond motifs is 4. The van der Waals surface area contributed by atoms with E-state index in [9.17, 15) is 14.4 Å². The van der Waals surface area contributed by atoms with Gasteiger partial charge in [0.2, 0.25) is 5.78 Å². The highest BCUT2D eigenvalue weighted by atomic mass is 16.4. The maximum atomic E-state index is 12.7. The summed E-state index contributed by atoms with van der Waals surface area (Å²) >= 11 is 0. The van der Waals surface area contributed by atoms with Gasteiger partial charge in [-0.3, -0.25) is 14.4 Å². The summed E-state index contributed by atoms with van der Waals surface area (Å²) in [6.07, 6.45) is 0.910. The third-order valence-electron chi connectivity index (χ3n) is 4.39. The minimum absolute atomic E-state index is 0.0275. The summed E-state index contributed by atoms with van der Waals surface area (Å²) in [6.45, 7) is 3.96. The lowest BCUT2D eigenvalue weighted by Gasteiger charge is -2.27. The first-order chi connectivity index (χ1) is 10.4. The van der Waals surface area contributed by atoms with E-state index in [-0.39, 0.29) is 34.1 Å². The highest BCUT2D eigenvalue weighted by Gasteiger charge is 2.43. The lowest BCUT2D eigenvalue weighted by molar-refractivity contribution is 0.0896. The molecule has 0 bridgehead atoms. The van der Waals surface area contributed by atoms with Crippen LogP contribution in [-0.4, -0.2) is 17.3 Å². The van der Waals surface area contributed by atoms with Gasteiger partial charge in [-0.15, -0.1) is 0 Å². The van der Waals surface area contributed by atoms with Crippen molar-refractivity contribution < 1.29 is 18.8 Å². The molecule has 0 unspecified atom stereocenters. The Labute approximate surface area is 127 Å². The molecule has 4 nitrogen and oxygen atoms in total. The molecular formula is C18H14O4. The van der Waals surface area contributed by atoms with Crippen molar-refractivity contribution in [1.29, 1.82) is 0 Å². The topological polar surface area (TPSA) is 64.3 Å². The summed E-state index contributed by atoms with van der Waals surface area (Å²) in [4.78, 5) is 37.8. The third-order valence-corrected chi connectivity index (χ3v) is 4.39. The van der Waals surface area contributed by atoms with Crippen LogP contribution in [0.2, 0.25) is 0 Å². The Hall–Kier alpha value is -2.49. The van der Waals surface area contributed by atoms with Gasteiger partial charge in [0, 0.05) is 24.0 Å². The molecule has 4 heteroatoms. The summed E-state index contributed by atoms with van der Waals surface area (Å²) in [5, 5.41) is 0. The van der Waals surface area contributed by atoms with Gasteiger partial charge in [-0.05, 0) is 5.41 Å². The predicted molar refractivity (Wildman–Crippen MR) is 78.4 cm³/mol. The Balaban J connectivity index is 1.99. The van der Waals surface area contributed by atoms with E-state index in [4.69, 9.17) is 4.42 Å². The Bertz CT molecular complexity index is 867. The van der Waals surface area contributed by atoms with E-state index in [1.807, 2.05) is 13.8 Å². The molecule has 22 heavy (non-hydrogen) atoms. The molecule has 0 N–H and O–H groups in total. The minimum atomic E-state index is -0.315. The molecule has 0 aliphatic heterocycles. The fourth-order valence-corrected chi connectivity index (χ4v) is 3.43. The first kappa shape index (κ1) is 13.2. The number of carbonyl (C=O) groups is 3. The molecule has 0 fully saturated rings. The van der Waals surface area contributed by atoms with Crippen LogP contribution in [0, 0.1) is 5.41 Å². The van der Waals surface area contributed by atoms with Crippen LogP contribution in [0.25, 0.3) is 0 Å². The van der Waals surface area contributed by atoms with Crippen LogP contribution in [0.5, 0.6) is 0 Å². The first-order valence-electron chi connectivity index (χ1n) is 7.26. The summed E-state index contributed by atoms with van der Waals surface area (Å²) in [5.74, 6) is -0.217. The van der Waals surface area contributed by atoms with Gasteiger partial charge >= 0.3 is 0 Å². The van der Waals surface area contributed by atoms with Gasteiger partial charge in [0.05, 0.1) is 11.1 Å². The number of benzene rings is 1. The fourth-order valence-electron chi connectivity index (χ4n) is 3.43. The zero-order valence-electron chi connectivity index (χ0n) is 12.4. The van der Waals surface area contributed by atoms with Crippen molar-refractivity contribution in [1.82, 2.24) is 0 Å². The number of carbonyl (C=O) groups excluding carboxylic acids is 3.